The molecule has 0 atom stereocenters. The Morgan fingerprint density at radius 1 is 0.370 bits per heavy atom. The van der Waals surface area contributed by atoms with Crippen LogP contribution in [0, 0.1) is 0 Å². The van der Waals surface area contributed by atoms with Crippen molar-refractivity contribution in [2.75, 3.05) is 4.90 Å². The van der Waals surface area contributed by atoms with Gasteiger partial charge in [-0.1, -0.05) is 143 Å². The van der Waals surface area contributed by atoms with Crippen LogP contribution in [0.3, 0.4) is 0 Å². The molecule has 11 rings (SSSR count). The first kappa shape index (κ1) is 31.6. The van der Waals surface area contributed by atoms with Gasteiger partial charge in [-0.3, -0.25) is 0 Å². The van der Waals surface area contributed by atoms with Crippen molar-refractivity contribution in [1.29, 1.82) is 0 Å². The molecule has 0 N–H and O–H groups in total. The predicted octanol–water partition coefficient (Wildman–Crippen LogP) is 15.0. The largest absolute Gasteiger partial charge is 0.310 e. The summed E-state index contributed by atoms with van der Waals surface area (Å²) >= 11 is 1.90. The number of thiophene rings is 1. The average Bonchev–Trinajstić information content (AvgIpc) is 3.78. The highest BCUT2D eigenvalue weighted by Gasteiger charge is 2.37. The van der Waals surface area contributed by atoms with Crippen LogP contribution in [-0.2, 0) is 10.8 Å². The van der Waals surface area contributed by atoms with Crippen LogP contribution < -0.4 is 4.90 Å². The Bertz CT molecular complexity index is 3000. The lowest BCUT2D eigenvalue weighted by Crippen LogP contribution is -2.17. The highest BCUT2D eigenvalue weighted by atomic mass is 32.1. The van der Waals surface area contributed by atoms with Gasteiger partial charge in [0, 0.05) is 53.5 Å². The van der Waals surface area contributed by atoms with Gasteiger partial charge in [0.1, 0.15) is 0 Å². The molecule has 54 heavy (non-hydrogen) atoms. The quantitative estimate of drug-likeness (QED) is 0.176. The number of anilines is 3. The second-order valence-electron chi connectivity index (χ2n) is 16.1. The fraction of sp³-hybridized carbons (Fsp3) is 0.115. The number of hydrogen-bond acceptors (Lipinski definition) is 2. The first-order valence-electron chi connectivity index (χ1n) is 19.0. The van der Waals surface area contributed by atoms with Gasteiger partial charge in [0.05, 0.1) is 0 Å². The van der Waals surface area contributed by atoms with Crippen molar-refractivity contribution < 1.29 is 0 Å². The van der Waals surface area contributed by atoms with Crippen LogP contribution in [0.1, 0.15) is 49.9 Å². The second-order valence-corrected chi connectivity index (χ2v) is 17.2. The molecule has 0 bridgehead atoms. The molecule has 0 amide bonds. The fourth-order valence-corrected chi connectivity index (χ4v) is 10.9. The zero-order valence-corrected chi connectivity index (χ0v) is 31.8. The van der Waals surface area contributed by atoms with Crippen molar-refractivity contribution in [2.45, 2.75) is 38.5 Å². The number of fused-ring (bicyclic) bond motifs is 11. The van der Waals surface area contributed by atoms with Gasteiger partial charge in [0.15, 0.2) is 0 Å². The summed E-state index contributed by atoms with van der Waals surface area (Å²) in [5.74, 6) is 0. The molecule has 2 heteroatoms. The number of rotatable bonds is 4. The molecule has 258 valence electrons. The van der Waals surface area contributed by atoms with Crippen molar-refractivity contribution in [1.82, 2.24) is 0 Å². The molecule has 0 aliphatic heterocycles. The molecule has 0 saturated carbocycles. The summed E-state index contributed by atoms with van der Waals surface area (Å²) in [4.78, 5) is 2.46. The van der Waals surface area contributed by atoms with Gasteiger partial charge >= 0.3 is 0 Å². The Morgan fingerprint density at radius 2 is 0.907 bits per heavy atom. The standard InChI is InChI=1S/C52H39NS/c1-51(2)46-19-11-8-15-38(46)43-29-34(26-28-47(43)51)53(35-25-27-39-37-14-7-10-18-45(37)52(3,4)48(39)30-35)33-23-21-32(22-24-33)42-31-44-40-16-9-12-20-49(40)54-50(44)41-17-6-5-13-36(41)42/h5-31H,1-4H3. The molecular weight excluding hydrogens is 671 g/mol. The highest BCUT2D eigenvalue weighted by Crippen LogP contribution is 2.53. The lowest BCUT2D eigenvalue weighted by Gasteiger charge is -2.29. The minimum atomic E-state index is -0.0934. The number of benzene rings is 8. The van der Waals surface area contributed by atoms with E-state index in [1.165, 1.54) is 98.0 Å². The maximum Gasteiger partial charge on any atom is 0.0468 e. The Kier molecular flexibility index (Phi) is 6.59. The van der Waals surface area contributed by atoms with E-state index in [9.17, 15) is 0 Å². The van der Waals surface area contributed by atoms with E-state index >= 15 is 0 Å². The molecule has 1 heterocycles. The van der Waals surface area contributed by atoms with Crippen molar-refractivity contribution >= 4 is 59.3 Å². The summed E-state index contributed by atoms with van der Waals surface area (Å²) in [5.41, 5.74) is 16.7. The lowest BCUT2D eigenvalue weighted by atomic mass is 9.82. The summed E-state index contributed by atoms with van der Waals surface area (Å²) in [6, 6.07) is 61.5. The van der Waals surface area contributed by atoms with Crippen LogP contribution in [-0.4, -0.2) is 0 Å². The van der Waals surface area contributed by atoms with E-state index in [4.69, 9.17) is 0 Å². The summed E-state index contributed by atoms with van der Waals surface area (Å²) in [6.07, 6.45) is 0. The Morgan fingerprint density at radius 3 is 1.67 bits per heavy atom. The molecular formula is C52H39NS. The maximum atomic E-state index is 2.46. The number of nitrogens with zero attached hydrogens (tertiary/aromatic N) is 1. The SMILES string of the molecule is CC1(C)c2ccccc2-c2cc(N(c3ccc(-c4cc5c6ccccc6sc5c5ccccc45)cc3)c3ccc4c(c3)C(C)(C)c3ccccc3-4)ccc21. The van der Waals surface area contributed by atoms with Crippen LogP contribution in [0.2, 0.25) is 0 Å². The van der Waals surface area contributed by atoms with E-state index in [0.717, 1.165) is 5.69 Å². The van der Waals surface area contributed by atoms with Crippen molar-refractivity contribution in [3.63, 3.8) is 0 Å². The van der Waals surface area contributed by atoms with Gasteiger partial charge < -0.3 is 4.90 Å². The van der Waals surface area contributed by atoms with Crippen LogP contribution >= 0.6 is 11.3 Å². The summed E-state index contributed by atoms with van der Waals surface area (Å²) in [7, 11) is 0. The van der Waals surface area contributed by atoms with Gasteiger partial charge in [-0.2, -0.15) is 0 Å². The third-order valence-corrected chi connectivity index (χ3v) is 13.7. The van der Waals surface area contributed by atoms with Crippen LogP contribution in [0.5, 0.6) is 0 Å². The minimum Gasteiger partial charge on any atom is -0.310 e. The fourth-order valence-electron chi connectivity index (χ4n) is 9.70. The minimum absolute atomic E-state index is 0.0437. The van der Waals surface area contributed by atoms with Crippen LogP contribution in [0.4, 0.5) is 17.1 Å². The maximum absolute atomic E-state index is 2.46. The first-order chi connectivity index (χ1) is 26.3. The average molecular weight is 710 g/mol. The van der Waals surface area contributed by atoms with Crippen molar-refractivity contribution in [3.8, 4) is 33.4 Å². The van der Waals surface area contributed by atoms with Crippen LogP contribution in [0.25, 0.3) is 64.3 Å². The first-order valence-corrected chi connectivity index (χ1v) is 19.8. The third kappa shape index (κ3) is 4.38. The van der Waals surface area contributed by atoms with E-state index in [1.807, 2.05) is 11.3 Å². The van der Waals surface area contributed by atoms with Crippen LogP contribution in [0.15, 0.2) is 164 Å². The van der Waals surface area contributed by atoms with Gasteiger partial charge in [-0.05, 0) is 110 Å². The van der Waals surface area contributed by atoms with E-state index in [1.54, 1.807) is 0 Å². The van der Waals surface area contributed by atoms with E-state index in [-0.39, 0.29) is 10.8 Å². The van der Waals surface area contributed by atoms with E-state index in [0.29, 0.717) is 0 Å². The normalized spacial score (nSPS) is 14.6. The van der Waals surface area contributed by atoms with Gasteiger partial charge in [-0.25, -0.2) is 0 Å². The van der Waals surface area contributed by atoms with Gasteiger partial charge in [-0.15, -0.1) is 11.3 Å². The Hall–Kier alpha value is -5.96. The molecule has 0 unspecified atom stereocenters. The van der Waals surface area contributed by atoms with Gasteiger partial charge in [0.2, 0.25) is 0 Å². The predicted molar refractivity (Wildman–Crippen MR) is 232 cm³/mol. The molecule has 0 saturated heterocycles. The smallest absolute Gasteiger partial charge is 0.0468 e. The monoisotopic (exact) mass is 709 g/mol. The zero-order valence-electron chi connectivity index (χ0n) is 30.9. The van der Waals surface area contributed by atoms with Crippen molar-refractivity contribution in [3.05, 3.63) is 186 Å². The molecule has 9 aromatic rings. The third-order valence-electron chi connectivity index (χ3n) is 12.5. The molecule has 0 spiro atoms. The second kappa shape index (κ2) is 11.3. The lowest BCUT2D eigenvalue weighted by molar-refractivity contribution is 0.660. The van der Waals surface area contributed by atoms with E-state index < -0.39 is 0 Å². The van der Waals surface area contributed by atoms with Crippen molar-refractivity contribution in [2.24, 2.45) is 0 Å². The highest BCUT2D eigenvalue weighted by molar-refractivity contribution is 7.26. The molecule has 1 aromatic heterocycles. The van der Waals surface area contributed by atoms with E-state index in [2.05, 4.69) is 196 Å². The molecule has 1 nitrogen and oxygen atoms in total. The summed E-state index contributed by atoms with van der Waals surface area (Å²) in [6.45, 7) is 9.45. The van der Waals surface area contributed by atoms with Gasteiger partial charge in [0.25, 0.3) is 0 Å². The summed E-state index contributed by atoms with van der Waals surface area (Å²) < 4.78 is 2.70. The molecule has 2 aliphatic rings. The Balaban J connectivity index is 1.09. The summed E-state index contributed by atoms with van der Waals surface area (Å²) in [5, 5.41) is 5.27. The zero-order chi connectivity index (χ0) is 36.3. The number of hydrogen-bond donors (Lipinski definition) is 0. The molecule has 0 fully saturated rings. The molecule has 8 aromatic carbocycles. The molecule has 0 radical (unpaired) electrons. The molecule has 2 aliphatic carbocycles. The Labute approximate surface area is 320 Å². The topological polar surface area (TPSA) is 3.24 Å².